The highest BCUT2D eigenvalue weighted by atomic mass is 35.5. The molecule has 1 aromatic carbocycles. The Bertz CT molecular complexity index is 698. The van der Waals surface area contributed by atoms with E-state index in [0.29, 0.717) is 35.8 Å². The van der Waals surface area contributed by atoms with E-state index in [0.717, 1.165) is 10.6 Å². The molecule has 2 aromatic rings. The average Bonchev–Trinajstić information content (AvgIpc) is 2.91. The van der Waals surface area contributed by atoms with Gasteiger partial charge in [0.2, 0.25) is 0 Å². The number of H-pyrrole nitrogens is 2. The van der Waals surface area contributed by atoms with Gasteiger partial charge in [0.15, 0.2) is 0 Å². The summed E-state index contributed by atoms with van der Waals surface area (Å²) in [4.78, 5) is 26.6. The fraction of sp³-hybridized carbons (Fsp3) is 0.357. The van der Waals surface area contributed by atoms with E-state index in [1.807, 2.05) is 13.0 Å². The Labute approximate surface area is 137 Å². The van der Waals surface area contributed by atoms with Gasteiger partial charge in [-0.05, 0) is 30.4 Å². The number of rotatable bonds is 7. The number of amides is 1. The zero-order valence-corrected chi connectivity index (χ0v) is 13.7. The number of aryl methyl sites for hydroxylation is 1. The molecule has 22 heavy (non-hydrogen) atoms. The highest BCUT2D eigenvalue weighted by molar-refractivity contribution is 7.99. The van der Waals surface area contributed by atoms with E-state index < -0.39 is 0 Å². The average molecular weight is 341 g/mol. The van der Waals surface area contributed by atoms with Gasteiger partial charge >= 0.3 is 5.69 Å². The number of nitrogens with one attached hydrogen (secondary N) is 3. The van der Waals surface area contributed by atoms with Crippen molar-refractivity contribution in [1.82, 2.24) is 20.5 Å². The van der Waals surface area contributed by atoms with Gasteiger partial charge in [-0.1, -0.05) is 18.5 Å². The fourth-order valence-electron chi connectivity index (χ4n) is 1.94. The number of thioether (sulfide) groups is 1. The van der Waals surface area contributed by atoms with E-state index in [1.54, 1.807) is 23.9 Å². The second kappa shape index (κ2) is 8.05. The van der Waals surface area contributed by atoms with Crippen LogP contribution in [-0.2, 0) is 6.42 Å². The molecule has 8 heteroatoms. The number of nitrogens with zero attached hydrogens (tertiary/aromatic N) is 1. The van der Waals surface area contributed by atoms with Crippen LogP contribution in [0.2, 0.25) is 5.02 Å². The van der Waals surface area contributed by atoms with Crippen molar-refractivity contribution in [2.45, 2.75) is 24.7 Å². The van der Waals surface area contributed by atoms with Gasteiger partial charge in [-0.15, -0.1) is 11.8 Å². The van der Waals surface area contributed by atoms with Crippen LogP contribution in [0.15, 0.2) is 27.9 Å². The second-order valence-electron chi connectivity index (χ2n) is 4.56. The largest absolute Gasteiger partial charge is 0.352 e. The first-order valence-corrected chi connectivity index (χ1v) is 8.30. The maximum absolute atomic E-state index is 12.2. The molecule has 0 fully saturated rings. The lowest BCUT2D eigenvalue weighted by atomic mass is 10.2. The van der Waals surface area contributed by atoms with Crippen LogP contribution in [0, 0.1) is 0 Å². The van der Waals surface area contributed by atoms with E-state index in [1.165, 1.54) is 0 Å². The van der Waals surface area contributed by atoms with Gasteiger partial charge in [-0.3, -0.25) is 9.78 Å². The van der Waals surface area contributed by atoms with Gasteiger partial charge < -0.3 is 5.32 Å². The van der Waals surface area contributed by atoms with Crippen molar-refractivity contribution in [2.75, 3.05) is 12.3 Å². The normalized spacial score (nSPS) is 10.6. The van der Waals surface area contributed by atoms with Crippen LogP contribution in [0.1, 0.15) is 29.5 Å². The van der Waals surface area contributed by atoms with Crippen molar-refractivity contribution in [2.24, 2.45) is 0 Å². The second-order valence-corrected chi connectivity index (χ2v) is 6.30. The lowest BCUT2D eigenvalue weighted by molar-refractivity contribution is 0.0950. The van der Waals surface area contributed by atoms with Gasteiger partial charge in [0.1, 0.15) is 5.82 Å². The summed E-state index contributed by atoms with van der Waals surface area (Å²) in [7, 11) is 0. The highest BCUT2D eigenvalue weighted by Crippen LogP contribution is 2.25. The zero-order chi connectivity index (χ0) is 15.9. The third-order valence-electron chi connectivity index (χ3n) is 2.91. The van der Waals surface area contributed by atoms with E-state index in [4.69, 9.17) is 11.6 Å². The molecule has 0 spiro atoms. The van der Waals surface area contributed by atoms with Crippen LogP contribution >= 0.6 is 23.4 Å². The highest BCUT2D eigenvalue weighted by Gasteiger charge is 2.12. The molecule has 2 rings (SSSR count). The third-order valence-corrected chi connectivity index (χ3v) is 4.10. The molecule has 1 heterocycles. The first-order chi connectivity index (χ1) is 10.6. The van der Waals surface area contributed by atoms with Crippen LogP contribution in [0.3, 0.4) is 0 Å². The van der Waals surface area contributed by atoms with Crippen molar-refractivity contribution < 1.29 is 4.79 Å². The Kier molecular flexibility index (Phi) is 6.09. The number of hydrogen-bond donors (Lipinski definition) is 3. The van der Waals surface area contributed by atoms with E-state index in [-0.39, 0.29) is 11.6 Å². The quantitative estimate of drug-likeness (QED) is 0.532. The van der Waals surface area contributed by atoms with Crippen LogP contribution in [0.25, 0.3) is 0 Å². The lowest BCUT2D eigenvalue weighted by Gasteiger charge is -2.09. The van der Waals surface area contributed by atoms with Crippen molar-refractivity contribution in [3.8, 4) is 0 Å². The summed E-state index contributed by atoms with van der Waals surface area (Å²) in [6, 6.07) is 5.32. The molecule has 0 atom stereocenters. The zero-order valence-electron chi connectivity index (χ0n) is 12.1. The molecule has 0 saturated carbocycles. The van der Waals surface area contributed by atoms with Gasteiger partial charge in [0.05, 0.1) is 5.56 Å². The Morgan fingerprint density at radius 1 is 1.45 bits per heavy atom. The third kappa shape index (κ3) is 4.64. The molecule has 0 saturated heterocycles. The van der Waals surface area contributed by atoms with E-state index in [9.17, 15) is 9.59 Å². The Morgan fingerprint density at radius 3 is 2.95 bits per heavy atom. The van der Waals surface area contributed by atoms with Gasteiger partial charge in [0.25, 0.3) is 5.91 Å². The van der Waals surface area contributed by atoms with E-state index in [2.05, 4.69) is 20.5 Å². The molecule has 6 nitrogen and oxygen atoms in total. The molecule has 1 amide bonds. The molecule has 0 aliphatic heterocycles. The fourth-order valence-corrected chi connectivity index (χ4v) is 2.89. The number of aromatic nitrogens is 3. The number of halogens is 1. The Hall–Kier alpha value is -1.73. The first kappa shape index (κ1) is 16.6. The minimum absolute atomic E-state index is 0.144. The summed E-state index contributed by atoms with van der Waals surface area (Å²) >= 11 is 7.57. The standard InChI is InChI=1S/C14H17ClN4O2S/c1-2-22-11-6-5-9(15)8-10(11)13(20)16-7-3-4-12-17-14(21)19-18-12/h5-6,8H,2-4,7H2,1H3,(H,16,20)(H2,17,18,19,21). The molecular formula is C14H17ClN4O2S. The molecule has 0 aliphatic rings. The summed E-state index contributed by atoms with van der Waals surface area (Å²) in [5.41, 5.74) is 0.270. The number of carbonyl (C=O) groups excluding carboxylic acids is 1. The molecule has 118 valence electrons. The minimum atomic E-state index is -0.320. The van der Waals surface area contributed by atoms with Crippen LogP contribution in [-0.4, -0.2) is 33.4 Å². The molecule has 1 aromatic heterocycles. The van der Waals surface area contributed by atoms with Crippen molar-refractivity contribution in [1.29, 1.82) is 0 Å². The van der Waals surface area contributed by atoms with Gasteiger partial charge in [-0.2, -0.15) is 5.10 Å². The van der Waals surface area contributed by atoms with Crippen molar-refractivity contribution in [3.63, 3.8) is 0 Å². The maximum Gasteiger partial charge on any atom is 0.340 e. The molecule has 0 aliphatic carbocycles. The number of benzene rings is 1. The summed E-state index contributed by atoms with van der Waals surface area (Å²) in [5, 5.41) is 9.52. The number of aromatic amines is 2. The molecular weight excluding hydrogens is 324 g/mol. The molecule has 0 unspecified atom stereocenters. The topological polar surface area (TPSA) is 90.6 Å². The van der Waals surface area contributed by atoms with Crippen LogP contribution < -0.4 is 11.0 Å². The van der Waals surface area contributed by atoms with Crippen molar-refractivity contribution >= 4 is 29.3 Å². The SMILES string of the molecule is CCSc1ccc(Cl)cc1C(=O)NCCCc1n[nH]c(=O)[nH]1. The maximum atomic E-state index is 12.2. The molecule has 0 bridgehead atoms. The predicted molar refractivity (Wildman–Crippen MR) is 87.7 cm³/mol. The summed E-state index contributed by atoms with van der Waals surface area (Å²) < 4.78 is 0. The van der Waals surface area contributed by atoms with Crippen molar-refractivity contribution in [3.05, 3.63) is 45.1 Å². The van der Waals surface area contributed by atoms with Crippen LogP contribution in [0.4, 0.5) is 0 Å². The molecule has 3 N–H and O–H groups in total. The lowest BCUT2D eigenvalue weighted by Crippen LogP contribution is -2.25. The smallest absolute Gasteiger partial charge is 0.340 e. The Balaban J connectivity index is 1.89. The van der Waals surface area contributed by atoms with Gasteiger partial charge in [0, 0.05) is 22.9 Å². The summed E-state index contributed by atoms with van der Waals surface area (Å²) in [5.74, 6) is 1.33. The minimum Gasteiger partial charge on any atom is -0.352 e. The van der Waals surface area contributed by atoms with Gasteiger partial charge in [-0.25, -0.2) is 9.89 Å². The number of carbonyl (C=O) groups is 1. The van der Waals surface area contributed by atoms with Crippen LogP contribution in [0.5, 0.6) is 0 Å². The monoisotopic (exact) mass is 340 g/mol. The number of hydrogen-bond acceptors (Lipinski definition) is 4. The Morgan fingerprint density at radius 2 is 2.27 bits per heavy atom. The van der Waals surface area contributed by atoms with E-state index >= 15 is 0 Å². The predicted octanol–water partition coefficient (Wildman–Crippen LogP) is 2.23. The molecule has 0 radical (unpaired) electrons. The summed E-state index contributed by atoms with van der Waals surface area (Å²) in [6.07, 6.45) is 1.27. The first-order valence-electron chi connectivity index (χ1n) is 6.94. The summed E-state index contributed by atoms with van der Waals surface area (Å²) in [6.45, 7) is 2.53.